The number of likely N-dealkylation sites (tertiary alicyclic amines) is 1. The van der Waals surface area contributed by atoms with Gasteiger partial charge in [0.2, 0.25) is 0 Å². The summed E-state index contributed by atoms with van der Waals surface area (Å²) in [7, 11) is 0. The van der Waals surface area contributed by atoms with Crippen molar-refractivity contribution in [3.05, 3.63) is 38.9 Å². The van der Waals surface area contributed by atoms with E-state index in [1.54, 1.807) is 12.1 Å². The predicted octanol–water partition coefficient (Wildman–Crippen LogP) is 2.45. The lowest BCUT2D eigenvalue weighted by molar-refractivity contribution is -0.385. The number of nitro benzene ring substituents is 1. The molecule has 0 bridgehead atoms. The molecule has 1 atom stereocenters. The molecule has 104 valence electrons. The highest BCUT2D eigenvalue weighted by molar-refractivity contribution is 6.30. The van der Waals surface area contributed by atoms with Gasteiger partial charge in [0.1, 0.15) is 0 Å². The molecule has 1 aromatic carbocycles. The number of nitro groups is 1. The number of benzene rings is 1. The number of aliphatic hydroxyl groups is 1. The van der Waals surface area contributed by atoms with Crippen LogP contribution in [-0.4, -0.2) is 34.6 Å². The molecular formula is C13H17ClN2O3. The molecule has 1 unspecified atom stereocenters. The molecule has 1 aliphatic rings. The second-order valence-electron chi connectivity index (χ2n) is 4.96. The number of aliphatic hydroxyl groups excluding tert-OH is 1. The Bertz CT molecular complexity index is 467. The third kappa shape index (κ3) is 3.65. The number of halogens is 1. The topological polar surface area (TPSA) is 66.6 Å². The average molecular weight is 285 g/mol. The van der Waals surface area contributed by atoms with Gasteiger partial charge in [-0.15, -0.1) is 0 Å². The zero-order valence-corrected chi connectivity index (χ0v) is 11.3. The van der Waals surface area contributed by atoms with Crippen LogP contribution in [0.15, 0.2) is 18.2 Å². The van der Waals surface area contributed by atoms with E-state index in [2.05, 4.69) is 4.90 Å². The van der Waals surface area contributed by atoms with E-state index in [4.69, 9.17) is 11.6 Å². The van der Waals surface area contributed by atoms with Crippen molar-refractivity contribution in [1.29, 1.82) is 0 Å². The van der Waals surface area contributed by atoms with Crippen LogP contribution in [0.4, 0.5) is 5.69 Å². The molecule has 1 fully saturated rings. The van der Waals surface area contributed by atoms with Crippen molar-refractivity contribution < 1.29 is 10.0 Å². The molecule has 2 rings (SSSR count). The fourth-order valence-corrected chi connectivity index (χ4v) is 2.69. The zero-order valence-electron chi connectivity index (χ0n) is 10.6. The van der Waals surface area contributed by atoms with Gasteiger partial charge in [0.25, 0.3) is 5.69 Å². The summed E-state index contributed by atoms with van der Waals surface area (Å²) in [6.45, 7) is 2.41. The summed E-state index contributed by atoms with van der Waals surface area (Å²) in [6, 6.07) is 4.78. The molecule has 1 N–H and O–H groups in total. The summed E-state index contributed by atoms with van der Waals surface area (Å²) in [6.07, 6.45) is 2.04. The minimum absolute atomic E-state index is 0.0682. The molecule has 5 nitrogen and oxygen atoms in total. The Hall–Kier alpha value is -1.17. The van der Waals surface area contributed by atoms with Gasteiger partial charge in [-0.1, -0.05) is 11.6 Å². The van der Waals surface area contributed by atoms with Crippen LogP contribution in [0.25, 0.3) is 0 Å². The normalized spacial score (nSPS) is 20.4. The Balaban J connectivity index is 2.12. The molecule has 0 amide bonds. The van der Waals surface area contributed by atoms with Crippen molar-refractivity contribution in [2.45, 2.75) is 19.4 Å². The Labute approximate surface area is 116 Å². The molecular weight excluding hydrogens is 268 g/mol. The Kier molecular flexibility index (Phi) is 4.74. The van der Waals surface area contributed by atoms with Gasteiger partial charge in [-0.05, 0) is 37.4 Å². The van der Waals surface area contributed by atoms with Crippen LogP contribution in [-0.2, 0) is 6.54 Å². The van der Waals surface area contributed by atoms with E-state index in [-0.39, 0.29) is 18.2 Å². The predicted molar refractivity (Wildman–Crippen MR) is 73.2 cm³/mol. The average Bonchev–Trinajstić information content (AvgIpc) is 2.41. The summed E-state index contributed by atoms with van der Waals surface area (Å²) >= 11 is 5.80. The van der Waals surface area contributed by atoms with E-state index < -0.39 is 4.92 Å². The van der Waals surface area contributed by atoms with Crippen LogP contribution in [0, 0.1) is 16.0 Å². The highest BCUT2D eigenvalue weighted by Crippen LogP contribution is 2.26. The van der Waals surface area contributed by atoms with Crippen molar-refractivity contribution in [1.82, 2.24) is 4.90 Å². The summed E-state index contributed by atoms with van der Waals surface area (Å²) in [5.74, 6) is 0.278. The van der Waals surface area contributed by atoms with Gasteiger partial charge in [0.15, 0.2) is 0 Å². The van der Waals surface area contributed by atoms with Crippen molar-refractivity contribution in [2.24, 2.45) is 5.92 Å². The van der Waals surface area contributed by atoms with Gasteiger partial charge >= 0.3 is 0 Å². The van der Waals surface area contributed by atoms with Crippen LogP contribution >= 0.6 is 11.6 Å². The maximum Gasteiger partial charge on any atom is 0.275 e. The fraction of sp³-hybridized carbons (Fsp3) is 0.538. The molecule has 19 heavy (non-hydrogen) atoms. The quantitative estimate of drug-likeness (QED) is 0.681. The van der Waals surface area contributed by atoms with E-state index in [0.29, 0.717) is 17.1 Å². The minimum atomic E-state index is -0.394. The standard InChI is InChI=1S/C13H17ClN2O3/c14-12-4-3-11(13(6-12)16(18)19)8-15-5-1-2-10(7-15)9-17/h3-4,6,10,17H,1-2,5,7-9H2. The number of hydrogen-bond donors (Lipinski definition) is 1. The summed E-state index contributed by atoms with van der Waals surface area (Å²) < 4.78 is 0. The SMILES string of the molecule is O=[N+]([O-])c1cc(Cl)ccc1CN1CCCC(CO)C1. The number of piperidine rings is 1. The number of nitrogens with zero attached hydrogens (tertiary/aromatic N) is 2. The third-order valence-electron chi connectivity index (χ3n) is 3.50. The lowest BCUT2D eigenvalue weighted by Crippen LogP contribution is -2.36. The van der Waals surface area contributed by atoms with Gasteiger partial charge in [0, 0.05) is 36.3 Å². The van der Waals surface area contributed by atoms with Gasteiger partial charge < -0.3 is 5.11 Å². The van der Waals surface area contributed by atoms with E-state index in [0.717, 1.165) is 25.9 Å². The molecule has 1 aromatic rings. The largest absolute Gasteiger partial charge is 0.396 e. The maximum atomic E-state index is 11.0. The third-order valence-corrected chi connectivity index (χ3v) is 3.73. The Morgan fingerprint density at radius 2 is 2.32 bits per heavy atom. The van der Waals surface area contributed by atoms with Crippen molar-refractivity contribution in [2.75, 3.05) is 19.7 Å². The molecule has 0 spiro atoms. The van der Waals surface area contributed by atoms with E-state index in [1.165, 1.54) is 6.07 Å². The van der Waals surface area contributed by atoms with E-state index in [9.17, 15) is 15.2 Å². The molecule has 1 saturated heterocycles. The van der Waals surface area contributed by atoms with Gasteiger partial charge in [0.05, 0.1) is 4.92 Å². The molecule has 0 saturated carbocycles. The lowest BCUT2D eigenvalue weighted by Gasteiger charge is -2.31. The van der Waals surface area contributed by atoms with Crippen LogP contribution < -0.4 is 0 Å². The molecule has 0 aromatic heterocycles. The van der Waals surface area contributed by atoms with Crippen molar-refractivity contribution in [3.8, 4) is 0 Å². The highest BCUT2D eigenvalue weighted by atomic mass is 35.5. The molecule has 1 aliphatic heterocycles. The van der Waals surface area contributed by atoms with Gasteiger partial charge in [-0.25, -0.2) is 0 Å². The first-order valence-electron chi connectivity index (χ1n) is 6.36. The Morgan fingerprint density at radius 1 is 1.53 bits per heavy atom. The van der Waals surface area contributed by atoms with Gasteiger partial charge in [-0.2, -0.15) is 0 Å². The van der Waals surface area contributed by atoms with Crippen LogP contribution in [0.2, 0.25) is 5.02 Å². The number of hydrogen-bond acceptors (Lipinski definition) is 4. The van der Waals surface area contributed by atoms with Crippen molar-refractivity contribution in [3.63, 3.8) is 0 Å². The van der Waals surface area contributed by atoms with Gasteiger partial charge in [-0.3, -0.25) is 15.0 Å². The van der Waals surface area contributed by atoms with Crippen LogP contribution in [0.5, 0.6) is 0 Å². The van der Waals surface area contributed by atoms with E-state index in [1.807, 2.05) is 0 Å². The first-order valence-corrected chi connectivity index (χ1v) is 6.74. The first kappa shape index (κ1) is 14.2. The molecule has 6 heteroatoms. The Morgan fingerprint density at radius 3 is 3.00 bits per heavy atom. The second-order valence-corrected chi connectivity index (χ2v) is 5.39. The summed E-state index contributed by atoms with van der Waals surface area (Å²) in [5, 5.41) is 20.6. The van der Waals surface area contributed by atoms with Crippen molar-refractivity contribution >= 4 is 17.3 Å². The van der Waals surface area contributed by atoms with Crippen LogP contribution in [0.3, 0.4) is 0 Å². The number of rotatable bonds is 4. The molecule has 0 radical (unpaired) electrons. The highest BCUT2D eigenvalue weighted by Gasteiger charge is 2.22. The maximum absolute atomic E-state index is 11.0. The summed E-state index contributed by atoms with van der Waals surface area (Å²) in [4.78, 5) is 12.8. The second kappa shape index (κ2) is 6.32. The molecule has 1 heterocycles. The molecule has 0 aliphatic carbocycles. The van der Waals surface area contributed by atoms with Crippen LogP contribution in [0.1, 0.15) is 18.4 Å². The fourth-order valence-electron chi connectivity index (χ4n) is 2.53. The smallest absolute Gasteiger partial charge is 0.275 e. The monoisotopic (exact) mass is 284 g/mol. The minimum Gasteiger partial charge on any atom is -0.396 e. The first-order chi connectivity index (χ1) is 9.10. The zero-order chi connectivity index (χ0) is 13.8. The summed E-state index contributed by atoms with van der Waals surface area (Å²) in [5.41, 5.74) is 0.742. The van der Waals surface area contributed by atoms with E-state index >= 15 is 0 Å². The lowest BCUT2D eigenvalue weighted by atomic mass is 9.98.